The van der Waals surface area contributed by atoms with Crippen LogP contribution in [0.2, 0.25) is 0 Å². The Balaban J connectivity index is 0.00000408. The number of nitrogens with one attached hydrogen (secondary N) is 3. The second-order valence-corrected chi connectivity index (χ2v) is 7.92. The van der Waals surface area contributed by atoms with Crippen LogP contribution < -0.4 is 16.0 Å². The third-order valence-corrected chi connectivity index (χ3v) is 5.29. The van der Waals surface area contributed by atoms with E-state index in [0.717, 1.165) is 35.6 Å². The van der Waals surface area contributed by atoms with Crippen molar-refractivity contribution in [1.29, 1.82) is 0 Å². The molecule has 0 bridgehead atoms. The molecular weight excluding hydrogens is 478 g/mol. The number of carbonyl (C=O) groups excluding carboxylic acids is 2. The molecule has 0 radical (unpaired) electrons. The largest absolute Gasteiger partial charge is 0.450 e. The van der Waals surface area contributed by atoms with E-state index in [2.05, 4.69) is 25.3 Å². The van der Waals surface area contributed by atoms with Crippen LogP contribution in [0.25, 0.3) is 0 Å². The van der Waals surface area contributed by atoms with Gasteiger partial charge in [0.1, 0.15) is 0 Å². The van der Waals surface area contributed by atoms with Crippen molar-refractivity contribution in [2.75, 3.05) is 30.3 Å². The fourth-order valence-electron chi connectivity index (χ4n) is 3.00. The highest BCUT2D eigenvalue weighted by Crippen LogP contribution is 2.14. The zero-order valence-electron chi connectivity index (χ0n) is 18.7. The number of hydrogen-bond donors (Lipinski definition) is 4. The van der Waals surface area contributed by atoms with E-state index < -0.39 is 12.2 Å². The molecule has 11 heteroatoms. The van der Waals surface area contributed by atoms with Crippen molar-refractivity contribution in [3.8, 4) is 0 Å². The summed E-state index contributed by atoms with van der Waals surface area (Å²) in [7, 11) is 0. The molecule has 182 valence electrons. The maximum absolute atomic E-state index is 12.3. The summed E-state index contributed by atoms with van der Waals surface area (Å²) < 4.78 is 8.85. The van der Waals surface area contributed by atoms with Crippen molar-refractivity contribution < 1.29 is 19.4 Å². The summed E-state index contributed by atoms with van der Waals surface area (Å²) in [6, 6.07) is 17.1. The molecule has 0 spiro atoms. The maximum Gasteiger partial charge on any atom is 0.413 e. The fraction of sp³-hybridized carbons (Fsp3) is 0.304. The SMILES string of the molecule is CCOC(=O)Nc1nc(CC(=O)Nc2ccc(CCNCC(O)c3ccccc3)cc2)ns1.Cl. The topological polar surface area (TPSA) is 125 Å². The summed E-state index contributed by atoms with van der Waals surface area (Å²) >= 11 is 0.989. The highest BCUT2D eigenvalue weighted by atomic mass is 35.5. The molecule has 0 aliphatic carbocycles. The first-order chi connectivity index (χ1) is 16.0. The van der Waals surface area contributed by atoms with E-state index >= 15 is 0 Å². The number of anilines is 2. The minimum absolute atomic E-state index is 0. The molecule has 34 heavy (non-hydrogen) atoms. The van der Waals surface area contributed by atoms with Gasteiger partial charge in [-0.1, -0.05) is 42.5 Å². The third-order valence-electron chi connectivity index (χ3n) is 4.62. The molecule has 2 amide bonds. The Morgan fingerprint density at radius 1 is 1.09 bits per heavy atom. The lowest BCUT2D eigenvalue weighted by atomic mass is 10.1. The lowest BCUT2D eigenvalue weighted by molar-refractivity contribution is -0.115. The summed E-state index contributed by atoms with van der Waals surface area (Å²) in [5, 5.41) is 19.0. The number of rotatable bonds is 11. The first kappa shape index (κ1) is 27.2. The molecule has 0 aliphatic rings. The van der Waals surface area contributed by atoms with E-state index in [1.54, 1.807) is 6.92 Å². The Labute approximate surface area is 208 Å². The molecule has 1 unspecified atom stereocenters. The molecule has 0 aliphatic heterocycles. The Morgan fingerprint density at radius 3 is 2.53 bits per heavy atom. The molecule has 1 heterocycles. The van der Waals surface area contributed by atoms with Crippen LogP contribution in [0.4, 0.5) is 15.6 Å². The molecular formula is C23H28ClN5O4S. The molecule has 2 aromatic carbocycles. The molecule has 3 aromatic rings. The zero-order chi connectivity index (χ0) is 23.5. The van der Waals surface area contributed by atoms with Crippen LogP contribution in [0.5, 0.6) is 0 Å². The van der Waals surface area contributed by atoms with Gasteiger partial charge in [0.05, 0.1) is 19.1 Å². The van der Waals surface area contributed by atoms with Gasteiger partial charge < -0.3 is 20.5 Å². The minimum atomic E-state index is -0.604. The predicted molar refractivity (Wildman–Crippen MR) is 135 cm³/mol. The fourth-order valence-corrected chi connectivity index (χ4v) is 3.57. The minimum Gasteiger partial charge on any atom is -0.450 e. The monoisotopic (exact) mass is 505 g/mol. The maximum atomic E-state index is 12.3. The van der Waals surface area contributed by atoms with Crippen LogP contribution in [-0.4, -0.2) is 46.2 Å². The van der Waals surface area contributed by atoms with Crippen LogP contribution in [0.3, 0.4) is 0 Å². The lowest BCUT2D eigenvalue weighted by Crippen LogP contribution is -2.23. The smallest absolute Gasteiger partial charge is 0.413 e. The molecule has 9 nitrogen and oxygen atoms in total. The molecule has 0 saturated carbocycles. The van der Waals surface area contributed by atoms with Crippen LogP contribution in [-0.2, 0) is 22.4 Å². The predicted octanol–water partition coefficient (Wildman–Crippen LogP) is 3.58. The number of aromatic nitrogens is 2. The van der Waals surface area contributed by atoms with E-state index in [1.807, 2.05) is 54.6 Å². The van der Waals surface area contributed by atoms with Gasteiger partial charge in [0.25, 0.3) is 0 Å². The Morgan fingerprint density at radius 2 is 1.82 bits per heavy atom. The van der Waals surface area contributed by atoms with Crippen LogP contribution >= 0.6 is 23.9 Å². The van der Waals surface area contributed by atoms with Gasteiger partial charge in [-0.05, 0) is 43.1 Å². The molecule has 0 fully saturated rings. The van der Waals surface area contributed by atoms with Crippen LogP contribution in [0.1, 0.15) is 30.0 Å². The van der Waals surface area contributed by atoms with E-state index in [1.165, 1.54) is 0 Å². The van der Waals surface area contributed by atoms with Gasteiger partial charge in [-0.25, -0.2) is 9.78 Å². The summed E-state index contributed by atoms with van der Waals surface area (Å²) in [5.74, 6) is 0.0736. The average molecular weight is 506 g/mol. The van der Waals surface area contributed by atoms with Crippen molar-refractivity contribution in [1.82, 2.24) is 14.7 Å². The van der Waals surface area contributed by atoms with Crippen molar-refractivity contribution in [3.63, 3.8) is 0 Å². The number of amides is 2. The Bertz CT molecular complexity index is 1030. The number of hydrogen-bond acceptors (Lipinski definition) is 8. The third kappa shape index (κ3) is 9.06. The van der Waals surface area contributed by atoms with Gasteiger partial charge in [0.2, 0.25) is 11.0 Å². The van der Waals surface area contributed by atoms with Gasteiger partial charge in [0, 0.05) is 23.8 Å². The molecule has 1 aromatic heterocycles. The van der Waals surface area contributed by atoms with Crippen molar-refractivity contribution >= 4 is 46.8 Å². The second kappa shape index (κ2) is 14.3. The zero-order valence-corrected chi connectivity index (χ0v) is 20.3. The van der Waals surface area contributed by atoms with E-state index in [-0.39, 0.29) is 36.5 Å². The summed E-state index contributed by atoms with van der Waals surface area (Å²) in [6.45, 7) is 3.18. The number of ether oxygens (including phenoxy) is 1. The van der Waals surface area contributed by atoms with E-state index in [9.17, 15) is 14.7 Å². The van der Waals surface area contributed by atoms with Gasteiger partial charge in [-0.2, -0.15) is 4.37 Å². The van der Waals surface area contributed by atoms with Crippen molar-refractivity contribution in [3.05, 3.63) is 71.5 Å². The van der Waals surface area contributed by atoms with Gasteiger partial charge in [0.15, 0.2) is 5.82 Å². The van der Waals surface area contributed by atoms with E-state index in [4.69, 9.17) is 4.74 Å². The number of aliphatic hydroxyl groups is 1. The number of halogens is 1. The Hall–Kier alpha value is -3.05. The number of nitrogens with zero attached hydrogens (tertiary/aromatic N) is 2. The first-order valence-corrected chi connectivity index (χ1v) is 11.4. The van der Waals surface area contributed by atoms with Gasteiger partial charge >= 0.3 is 6.09 Å². The first-order valence-electron chi connectivity index (χ1n) is 10.6. The summed E-state index contributed by atoms with van der Waals surface area (Å²) in [4.78, 5) is 27.8. The van der Waals surface area contributed by atoms with Gasteiger partial charge in [-0.3, -0.25) is 10.1 Å². The molecule has 3 rings (SSSR count). The van der Waals surface area contributed by atoms with Gasteiger partial charge in [-0.15, -0.1) is 12.4 Å². The van der Waals surface area contributed by atoms with Crippen molar-refractivity contribution in [2.45, 2.75) is 25.9 Å². The van der Waals surface area contributed by atoms with Crippen LogP contribution in [0, 0.1) is 0 Å². The summed E-state index contributed by atoms with van der Waals surface area (Å²) in [5.41, 5.74) is 2.69. The molecule has 1 atom stereocenters. The quantitative estimate of drug-likeness (QED) is 0.293. The normalized spacial score (nSPS) is 11.2. The molecule has 4 N–H and O–H groups in total. The lowest BCUT2D eigenvalue weighted by Gasteiger charge is -2.12. The van der Waals surface area contributed by atoms with Crippen LogP contribution in [0.15, 0.2) is 54.6 Å². The number of benzene rings is 2. The molecule has 0 saturated heterocycles. The highest BCUT2D eigenvalue weighted by Gasteiger charge is 2.12. The summed E-state index contributed by atoms with van der Waals surface area (Å²) in [6.07, 6.45) is -0.342. The standard InChI is InChI=1S/C23H27N5O4S.ClH/c1-2-32-23(31)27-22-26-20(28-33-22)14-21(30)25-18-10-8-16(9-11-18)12-13-24-15-19(29)17-6-4-3-5-7-17;/h3-11,19,24,29H,2,12-15H2,1H3,(H,25,30)(H,26,27,28,31);1H. The number of aliphatic hydroxyl groups excluding tert-OH is 1. The van der Waals surface area contributed by atoms with E-state index in [0.29, 0.717) is 18.1 Å². The highest BCUT2D eigenvalue weighted by molar-refractivity contribution is 7.09. The second-order valence-electron chi connectivity index (χ2n) is 7.16. The Kier molecular flexibility index (Phi) is 11.4. The van der Waals surface area contributed by atoms with Crippen molar-refractivity contribution in [2.24, 2.45) is 0 Å². The average Bonchev–Trinajstić information content (AvgIpc) is 3.24. The number of carbonyl (C=O) groups is 2.